The predicted octanol–water partition coefficient (Wildman–Crippen LogP) is 3.20. The van der Waals surface area contributed by atoms with E-state index in [4.69, 9.17) is 10.5 Å². The Hall–Kier alpha value is -2.62. The van der Waals surface area contributed by atoms with Crippen molar-refractivity contribution < 1.29 is 4.74 Å². The number of aryl methyl sites for hydroxylation is 1. The van der Waals surface area contributed by atoms with Crippen LogP contribution < -0.4 is 10.5 Å². The maximum absolute atomic E-state index is 5.77. The third-order valence-electron chi connectivity index (χ3n) is 3.31. The molecule has 100 valence electrons. The van der Waals surface area contributed by atoms with Crippen LogP contribution in [0.4, 0.5) is 5.82 Å². The van der Waals surface area contributed by atoms with Crippen molar-refractivity contribution in [2.24, 2.45) is 0 Å². The minimum Gasteiger partial charge on any atom is -0.481 e. The van der Waals surface area contributed by atoms with Gasteiger partial charge >= 0.3 is 0 Å². The molecule has 0 aliphatic heterocycles. The summed E-state index contributed by atoms with van der Waals surface area (Å²) in [6.07, 6.45) is 1.75. The van der Waals surface area contributed by atoms with Crippen LogP contribution in [0.5, 0.6) is 5.88 Å². The number of pyridine rings is 2. The molecule has 0 fully saturated rings. The van der Waals surface area contributed by atoms with Gasteiger partial charge in [-0.05, 0) is 30.7 Å². The fourth-order valence-electron chi connectivity index (χ4n) is 2.19. The molecule has 0 radical (unpaired) electrons. The van der Waals surface area contributed by atoms with Crippen LogP contribution in [0.1, 0.15) is 5.56 Å². The van der Waals surface area contributed by atoms with E-state index in [1.165, 1.54) is 0 Å². The third-order valence-corrected chi connectivity index (χ3v) is 3.31. The van der Waals surface area contributed by atoms with Gasteiger partial charge in [-0.3, -0.25) is 0 Å². The van der Waals surface area contributed by atoms with Gasteiger partial charge in [0.15, 0.2) is 0 Å². The summed E-state index contributed by atoms with van der Waals surface area (Å²) in [6, 6.07) is 12.0. The fourth-order valence-corrected chi connectivity index (χ4v) is 2.19. The van der Waals surface area contributed by atoms with E-state index >= 15 is 0 Å². The number of methoxy groups -OCH3 is 1. The first-order chi connectivity index (χ1) is 9.69. The van der Waals surface area contributed by atoms with E-state index in [0.29, 0.717) is 11.7 Å². The zero-order chi connectivity index (χ0) is 14.1. The lowest BCUT2D eigenvalue weighted by molar-refractivity contribution is 0.401. The molecule has 2 heterocycles. The molecule has 3 rings (SSSR count). The number of nitrogen functional groups attached to an aromatic ring is 1. The van der Waals surface area contributed by atoms with E-state index in [-0.39, 0.29) is 0 Å². The van der Waals surface area contributed by atoms with Gasteiger partial charge in [-0.1, -0.05) is 18.2 Å². The molecule has 0 amide bonds. The Morgan fingerprint density at radius 1 is 1.15 bits per heavy atom. The van der Waals surface area contributed by atoms with E-state index < -0.39 is 0 Å². The van der Waals surface area contributed by atoms with Gasteiger partial charge in [-0.25, -0.2) is 9.97 Å². The van der Waals surface area contributed by atoms with Crippen molar-refractivity contribution in [2.45, 2.75) is 6.92 Å². The smallest absolute Gasteiger partial charge is 0.221 e. The molecule has 2 aromatic heterocycles. The van der Waals surface area contributed by atoms with Gasteiger partial charge < -0.3 is 10.5 Å². The number of hydrogen-bond acceptors (Lipinski definition) is 4. The highest BCUT2D eigenvalue weighted by Crippen LogP contribution is 2.32. The largest absolute Gasteiger partial charge is 0.481 e. The summed E-state index contributed by atoms with van der Waals surface area (Å²) in [6.45, 7) is 1.94. The zero-order valence-electron chi connectivity index (χ0n) is 11.4. The molecule has 2 N–H and O–H groups in total. The summed E-state index contributed by atoms with van der Waals surface area (Å²) < 4.78 is 5.41. The molecule has 0 bridgehead atoms. The Morgan fingerprint density at radius 2 is 1.95 bits per heavy atom. The van der Waals surface area contributed by atoms with Gasteiger partial charge in [0, 0.05) is 22.7 Å². The number of nitrogens with zero attached hydrogens (tertiary/aromatic N) is 2. The quantitative estimate of drug-likeness (QED) is 0.773. The summed E-state index contributed by atoms with van der Waals surface area (Å²) in [5, 5.41) is 1.07. The number of nitrogens with two attached hydrogens (primary N) is 1. The Labute approximate surface area is 117 Å². The molecular formula is C16H15N3O. The first-order valence-electron chi connectivity index (χ1n) is 6.35. The second-order valence-electron chi connectivity index (χ2n) is 4.66. The number of aromatic nitrogens is 2. The molecule has 0 saturated carbocycles. The highest BCUT2D eigenvalue weighted by molar-refractivity contribution is 5.86. The molecule has 0 atom stereocenters. The molecule has 0 saturated heterocycles. The van der Waals surface area contributed by atoms with Crippen molar-refractivity contribution in [1.29, 1.82) is 0 Å². The topological polar surface area (TPSA) is 61.0 Å². The normalized spacial score (nSPS) is 10.7. The van der Waals surface area contributed by atoms with E-state index in [1.807, 2.05) is 37.3 Å². The van der Waals surface area contributed by atoms with Crippen LogP contribution in [0, 0.1) is 6.92 Å². The fraction of sp³-hybridized carbons (Fsp3) is 0.125. The Balaban J connectivity index is 2.25. The molecule has 3 aromatic rings. The minimum atomic E-state index is 0.543. The van der Waals surface area contributed by atoms with Crippen molar-refractivity contribution in [3.8, 4) is 17.0 Å². The van der Waals surface area contributed by atoms with Crippen LogP contribution >= 0.6 is 0 Å². The van der Waals surface area contributed by atoms with Crippen molar-refractivity contribution in [3.05, 3.63) is 48.2 Å². The van der Waals surface area contributed by atoms with Crippen LogP contribution in [0.3, 0.4) is 0 Å². The Morgan fingerprint density at radius 3 is 2.70 bits per heavy atom. The number of benzene rings is 1. The predicted molar refractivity (Wildman–Crippen MR) is 80.7 cm³/mol. The van der Waals surface area contributed by atoms with Crippen LogP contribution in [0.15, 0.2) is 42.6 Å². The summed E-state index contributed by atoms with van der Waals surface area (Å²) in [5.41, 5.74) is 9.49. The van der Waals surface area contributed by atoms with Gasteiger partial charge in [-0.15, -0.1) is 0 Å². The summed E-state index contributed by atoms with van der Waals surface area (Å²) in [5.74, 6) is 1.14. The molecule has 0 aliphatic carbocycles. The van der Waals surface area contributed by atoms with E-state index in [0.717, 1.165) is 27.6 Å². The zero-order valence-corrected chi connectivity index (χ0v) is 11.4. The van der Waals surface area contributed by atoms with Crippen LogP contribution in [0.25, 0.3) is 22.0 Å². The van der Waals surface area contributed by atoms with Gasteiger partial charge in [0.2, 0.25) is 5.88 Å². The van der Waals surface area contributed by atoms with Gasteiger partial charge in [0.05, 0.1) is 12.6 Å². The highest BCUT2D eigenvalue weighted by Gasteiger charge is 2.11. The van der Waals surface area contributed by atoms with Crippen molar-refractivity contribution in [1.82, 2.24) is 9.97 Å². The lowest BCUT2D eigenvalue weighted by Gasteiger charge is -2.10. The monoisotopic (exact) mass is 265 g/mol. The Kier molecular flexibility index (Phi) is 2.99. The number of ether oxygens (including phenoxy) is 1. The third kappa shape index (κ3) is 2.05. The summed E-state index contributed by atoms with van der Waals surface area (Å²) in [7, 11) is 1.62. The van der Waals surface area contributed by atoms with Crippen LogP contribution in [-0.4, -0.2) is 17.1 Å². The maximum atomic E-state index is 5.77. The highest BCUT2D eigenvalue weighted by atomic mass is 16.5. The average molecular weight is 265 g/mol. The molecule has 4 nitrogen and oxygen atoms in total. The number of rotatable bonds is 2. The average Bonchev–Trinajstić information content (AvgIpc) is 2.48. The molecule has 1 aromatic carbocycles. The second-order valence-corrected chi connectivity index (χ2v) is 4.66. The molecular weight excluding hydrogens is 250 g/mol. The second kappa shape index (κ2) is 4.81. The van der Waals surface area contributed by atoms with Crippen LogP contribution in [-0.2, 0) is 0 Å². The minimum absolute atomic E-state index is 0.543. The first kappa shape index (κ1) is 12.4. The standard InChI is InChI=1S/C16H15N3O/c1-10-7-12(9-18-15(10)17)13-8-11-5-3-4-6-14(11)19-16(13)20-2/h3-9H,1-2H3,(H2,17,18). The first-order valence-corrected chi connectivity index (χ1v) is 6.35. The summed E-state index contributed by atoms with van der Waals surface area (Å²) in [4.78, 5) is 8.75. The van der Waals surface area contributed by atoms with Crippen LogP contribution in [0.2, 0.25) is 0 Å². The number of fused-ring (bicyclic) bond motifs is 1. The van der Waals surface area contributed by atoms with E-state index in [9.17, 15) is 0 Å². The number of anilines is 1. The number of hydrogen-bond donors (Lipinski definition) is 1. The molecule has 0 spiro atoms. The molecule has 0 aliphatic rings. The number of para-hydroxylation sites is 1. The van der Waals surface area contributed by atoms with E-state index in [1.54, 1.807) is 13.3 Å². The molecule has 4 heteroatoms. The lowest BCUT2D eigenvalue weighted by atomic mass is 10.0. The van der Waals surface area contributed by atoms with Crippen molar-refractivity contribution >= 4 is 16.7 Å². The molecule has 0 unspecified atom stereocenters. The van der Waals surface area contributed by atoms with Crippen molar-refractivity contribution in [2.75, 3.05) is 12.8 Å². The SMILES string of the molecule is COc1nc2ccccc2cc1-c1cnc(N)c(C)c1. The van der Waals surface area contributed by atoms with Gasteiger partial charge in [-0.2, -0.15) is 0 Å². The van der Waals surface area contributed by atoms with E-state index in [2.05, 4.69) is 16.0 Å². The summed E-state index contributed by atoms with van der Waals surface area (Å²) >= 11 is 0. The van der Waals surface area contributed by atoms with Gasteiger partial charge in [0.25, 0.3) is 0 Å². The van der Waals surface area contributed by atoms with Gasteiger partial charge in [0.1, 0.15) is 5.82 Å². The molecule has 20 heavy (non-hydrogen) atoms. The lowest BCUT2D eigenvalue weighted by Crippen LogP contribution is -1.96. The maximum Gasteiger partial charge on any atom is 0.221 e. The van der Waals surface area contributed by atoms with Crippen molar-refractivity contribution in [3.63, 3.8) is 0 Å². The Bertz CT molecular complexity index is 784.